The maximum absolute atomic E-state index is 5.87. The molecule has 3 heteroatoms. The zero-order valence-electron chi connectivity index (χ0n) is 12.1. The molecule has 1 N–H and O–H groups in total. The van der Waals surface area contributed by atoms with Crippen LogP contribution < -0.4 is 14.8 Å². The van der Waals surface area contributed by atoms with E-state index in [1.165, 1.54) is 24.8 Å². The molecule has 0 bridgehead atoms. The zero-order valence-corrected chi connectivity index (χ0v) is 12.1. The number of ether oxygens (including phenoxy) is 2. The summed E-state index contributed by atoms with van der Waals surface area (Å²) in [4.78, 5) is 0. The van der Waals surface area contributed by atoms with Crippen LogP contribution in [0.2, 0.25) is 0 Å². The van der Waals surface area contributed by atoms with Crippen LogP contribution in [-0.4, -0.2) is 26.3 Å². The average Bonchev–Trinajstić information content (AvgIpc) is 2.48. The number of methoxy groups -OCH3 is 1. The molecule has 1 saturated heterocycles. The first-order valence-corrected chi connectivity index (χ1v) is 7.36. The number of piperidine rings is 1. The number of benzene rings is 1. The first kappa shape index (κ1) is 14.2. The fraction of sp³-hybridized carbons (Fsp3) is 0.625. The monoisotopic (exact) mass is 263 g/mol. The summed E-state index contributed by atoms with van der Waals surface area (Å²) in [5.74, 6) is 1.70. The Morgan fingerprint density at radius 1 is 1.26 bits per heavy atom. The van der Waals surface area contributed by atoms with Gasteiger partial charge in [-0.15, -0.1) is 0 Å². The van der Waals surface area contributed by atoms with Crippen molar-refractivity contribution in [2.45, 2.75) is 45.1 Å². The largest absolute Gasteiger partial charge is 0.493 e. The molecule has 0 aromatic heterocycles. The molecular formula is C16H25NO2. The number of hydrogen-bond acceptors (Lipinski definition) is 3. The van der Waals surface area contributed by atoms with Gasteiger partial charge in [-0.1, -0.05) is 19.4 Å². The number of hydrogen-bond donors (Lipinski definition) is 1. The van der Waals surface area contributed by atoms with Crippen molar-refractivity contribution in [3.63, 3.8) is 0 Å². The van der Waals surface area contributed by atoms with Gasteiger partial charge in [-0.2, -0.15) is 0 Å². The van der Waals surface area contributed by atoms with Gasteiger partial charge >= 0.3 is 0 Å². The molecule has 1 aliphatic rings. The lowest BCUT2D eigenvalue weighted by Crippen LogP contribution is -2.35. The molecule has 0 spiro atoms. The second-order valence-corrected chi connectivity index (χ2v) is 5.12. The summed E-state index contributed by atoms with van der Waals surface area (Å²) in [7, 11) is 1.70. The fourth-order valence-corrected chi connectivity index (χ4v) is 2.53. The smallest absolute Gasteiger partial charge is 0.161 e. The van der Waals surface area contributed by atoms with E-state index in [4.69, 9.17) is 9.47 Å². The highest BCUT2D eigenvalue weighted by atomic mass is 16.5. The van der Waals surface area contributed by atoms with Gasteiger partial charge < -0.3 is 14.8 Å². The van der Waals surface area contributed by atoms with E-state index in [0.29, 0.717) is 6.04 Å². The van der Waals surface area contributed by atoms with Crippen LogP contribution in [0.25, 0.3) is 0 Å². The topological polar surface area (TPSA) is 30.5 Å². The van der Waals surface area contributed by atoms with Crippen LogP contribution >= 0.6 is 0 Å². The van der Waals surface area contributed by atoms with E-state index in [1.54, 1.807) is 7.11 Å². The third-order valence-corrected chi connectivity index (χ3v) is 3.77. The Morgan fingerprint density at radius 3 is 2.84 bits per heavy atom. The van der Waals surface area contributed by atoms with E-state index in [0.717, 1.165) is 37.5 Å². The predicted molar refractivity (Wildman–Crippen MR) is 78.1 cm³/mol. The van der Waals surface area contributed by atoms with Gasteiger partial charge in [0.05, 0.1) is 13.7 Å². The predicted octanol–water partition coefficient (Wildman–Crippen LogP) is 3.17. The molecule has 1 atom stereocenters. The summed E-state index contributed by atoms with van der Waals surface area (Å²) >= 11 is 0. The number of nitrogens with one attached hydrogen (secondary N) is 1. The highest BCUT2D eigenvalue weighted by Crippen LogP contribution is 2.28. The van der Waals surface area contributed by atoms with Gasteiger partial charge in [0.1, 0.15) is 0 Å². The van der Waals surface area contributed by atoms with Crippen LogP contribution in [0.5, 0.6) is 11.5 Å². The van der Waals surface area contributed by atoms with E-state index in [-0.39, 0.29) is 0 Å². The van der Waals surface area contributed by atoms with Gasteiger partial charge in [-0.25, -0.2) is 0 Å². The maximum atomic E-state index is 5.87. The molecule has 1 aromatic carbocycles. The minimum Gasteiger partial charge on any atom is -0.493 e. The van der Waals surface area contributed by atoms with Crippen molar-refractivity contribution >= 4 is 0 Å². The first-order chi connectivity index (χ1) is 9.33. The van der Waals surface area contributed by atoms with Gasteiger partial charge in [0.25, 0.3) is 0 Å². The number of aryl methyl sites for hydroxylation is 1. The van der Waals surface area contributed by atoms with Crippen molar-refractivity contribution < 1.29 is 9.47 Å². The summed E-state index contributed by atoms with van der Waals surface area (Å²) in [6.45, 7) is 4.04. The molecule has 3 nitrogen and oxygen atoms in total. The number of rotatable bonds is 6. The maximum Gasteiger partial charge on any atom is 0.161 e. The Balaban J connectivity index is 1.84. The van der Waals surface area contributed by atoms with Gasteiger partial charge in [-0.3, -0.25) is 0 Å². The Hall–Kier alpha value is -1.22. The highest BCUT2D eigenvalue weighted by Gasteiger charge is 2.13. The molecule has 106 valence electrons. The summed E-state index contributed by atoms with van der Waals surface area (Å²) < 4.78 is 11.3. The Bertz CT molecular complexity index is 386. The van der Waals surface area contributed by atoms with Crippen molar-refractivity contribution in [1.82, 2.24) is 5.32 Å². The molecule has 0 aliphatic carbocycles. The third-order valence-electron chi connectivity index (χ3n) is 3.77. The lowest BCUT2D eigenvalue weighted by atomic mass is 10.0. The first-order valence-electron chi connectivity index (χ1n) is 7.36. The minimum atomic E-state index is 0.620. The Morgan fingerprint density at radius 2 is 2.16 bits per heavy atom. The Kier molecular flexibility index (Phi) is 5.52. The molecule has 1 fully saturated rings. The molecule has 0 saturated carbocycles. The van der Waals surface area contributed by atoms with Crippen molar-refractivity contribution in [2.75, 3.05) is 20.3 Å². The van der Waals surface area contributed by atoms with E-state index >= 15 is 0 Å². The second kappa shape index (κ2) is 7.39. The summed E-state index contributed by atoms with van der Waals surface area (Å²) in [5, 5.41) is 3.54. The molecule has 1 unspecified atom stereocenters. The van der Waals surface area contributed by atoms with Gasteiger partial charge in [0, 0.05) is 6.04 Å². The summed E-state index contributed by atoms with van der Waals surface area (Å²) in [6, 6.07) is 6.81. The summed E-state index contributed by atoms with van der Waals surface area (Å²) in [5.41, 5.74) is 1.28. The SMILES string of the molecule is CCc1ccc(OCCC2CCCCN2)c(OC)c1. The molecule has 0 radical (unpaired) electrons. The third kappa shape index (κ3) is 4.13. The van der Waals surface area contributed by atoms with Crippen LogP contribution in [0, 0.1) is 0 Å². The standard InChI is InChI=1S/C16H25NO2/c1-3-13-7-8-15(16(12-13)18-2)19-11-9-14-6-4-5-10-17-14/h7-8,12,14,17H,3-6,9-11H2,1-2H3. The molecule has 1 aromatic rings. The molecule has 0 amide bonds. The van der Waals surface area contributed by atoms with Crippen molar-refractivity contribution in [3.05, 3.63) is 23.8 Å². The average molecular weight is 263 g/mol. The lowest BCUT2D eigenvalue weighted by molar-refractivity contribution is 0.257. The van der Waals surface area contributed by atoms with Crippen LogP contribution in [0.4, 0.5) is 0 Å². The van der Waals surface area contributed by atoms with Crippen LogP contribution in [-0.2, 0) is 6.42 Å². The van der Waals surface area contributed by atoms with Crippen LogP contribution in [0.15, 0.2) is 18.2 Å². The Labute approximate surface area is 116 Å². The van der Waals surface area contributed by atoms with Crippen molar-refractivity contribution in [2.24, 2.45) is 0 Å². The zero-order chi connectivity index (χ0) is 13.5. The second-order valence-electron chi connectivity index (χ2n) is 5.12. The molecule has 1 heterocycles. The minimum absolute atomic E-state index is 0.620. The van der Waals surface area contributed by atoms with Gasteiger partial charge in [0.15, 0.2) is 11.5 Å². The summed E-state index contributed by atoms with van der Waals surface area (Å²) in [6.07, 6.45) is 6.01. The normalized spacial score (nSPS) is 19.2. The van der Waals surface area contributed by atoms with E-state index in [2.05, 4.69) is 24.4 Å². The van der Waals surface area contributed by atoms with E-state index < -0.39 is 0 Å². The highest BCUT2D eigenvalue weighted by molar-refractivity contribution is 5.42. The van der Waals surface area contributed by atoms with Crippen molar-refractivity contribution in [1.29, 1.82) is 0 Å². The fourth-order valence-electron chi connectivity index (χ4n) is 2.53. The van der Waals surface area contributed by atoms with Gasteiger partial charge in [-0.05, 0) is 49.9 Å². The van der Waals surface area contributed by atoms with E-state index in [1.807, 2.05) is 6.07 Å². The molecule has 19 heavy (non-hydrogen) atoms. The van der Waals surface area contributed by atoms with Crippen molar-refractivity contribution in [3.8, 4) is 11.5 Å². The molecular weight excluding hydrogens is 238 g/mol. The van der Waals surface area contributed by atoms with Crippen LogP contribution in [0.3, 0.4) is 0 Å². The van der Waals surface area contributed by atoms with E-state index in [9.17, 15) is 0 Å². The molecule has 2 rings (SSSR count). The molecule has 1 aliphatic heterocycles. The lowest BCUT2D eigenvalue weighted by Gasteiger charge is -2.23. The quantitative estimate of drug-likeness (QED) is 0.855. The van der Waals surface area contributed by atoms with Crippen LogP contribution in [0.1, 0.15) is 38.2 Å². The van der Waals surface area contributed by atoms with Gasteiger partial charge in [0.2, 0.25) is 0 Å².